The number of hydrogen-bond donors (Lipinski definition) is 0. The molecule has 1 aliphatic rings. The molecule has 1 saturated heterocycles. The molecule has 0 spiro atoms. The Hall–Kier alpha value is -4.78. The van der Waals surface area contributed by atoms with Crippen molar-refractivity contribution in [2.45, 2.75) is 75.4 Å². The van der Waals surface area contributed by atoms with Crippen molar-refractivity contribution in [3.05, 3.63) is 107 Å². The summed E-state index contributed by atoms with van der Waals surface area (Å²) < 4.78 is 75.6. The summed E-state index contributed by atoms with van der Waals surface area (Å²) in [5, 5.41) is 0. The lowest BCUT2D eigenvalue weighted by molar-refractivity contribution is -0.159. The Balaban J connectivity index is 1.46. The molecule has 0 aliphatic carbocycles. The first kappa shape index (κ1) is 40.4. The van der Waals surface area contributed by atoms with Gasteiger partial charge in [-0.2, -0.15) is 0 Å². The lowest BCUT2D eigenvalue weighted by atomic mass is 10.0. The van der Waals surface area contributed by atoms with Crippen LogP contribution in [0, 0.1) is 0 Å². The molecule has 1 heterocycles. The number of rotatable bonds is 19. The van der Waals surface area contributed by atoms with E-state index >= 15 is 0 Å². The minimum atomic E-state index is -4.13. The van der Waals surface area contributed by atoms with E-state index in [9.17, 15) is 13.2 Å². The van der Waals surface area contributed by atoms with Crippen LogP contribution in [0.15, 0.2) is 89.8 Å². The Kier molecular flexibility index (Phi) is 14.2. The van der Waals surface area contributed by atoms with E-state index in [-0.39, 0.29) is 42.1 Å². The molecule has 0 saturated carbocycles. The maximum Gasteiger partial charge on any atom is 0.335 e. The first-order chi connectivity index (χ1) is 26.1. The van der Waals surface area contributed by atoms with Crippen LogP contribution in [-0.4, -0.2) is 67.4 Å². The van der Waals surface area contributed by atoms with Gasteiger partial charge in [0.15, 0.2) is 38.9 Å². The summed E-state index contributed by atoms with van der Waals surface area (Å²) in [5.74, 6) is 0.725. The molecule has 0 aromatic heterocycles. The number of sulfone groups is 1. The van der Waals surface area contributed by atoms with Crippen molar-refractivity contribution in [3.8, 4) is 28.7 Å². The van der Waals surface area contributed by atoms with Gasteiger partial charge < -0.3 is 37.9 Å². The fourth-order valence-electron chi connectivity index (χ4n) is 6.42. The van der Waals surface area contributed by atoms with E-state index in [4.69, 9.17) is 37.9 Å². The largest absolute Gasteiger partial charge is 0.493 e. The van der Waals surface area contributed by atoms with E-state index in [1.54, 1.807) is 40.4 Å². The molecule has 290 valence electrons. The molecule has 4 aromatic rings. The number of methoxy groups -OCH3 is 4. The van der Waals surface area contributed by atoms with Gasteiger partial charge in [-0.3, -0.25) is 0 Å². The second-order valence-electron chi connectivity index (χ2n) is 13.1. The standard InChI is InChI=1S/C42H50O11S/c1-7-20-50-41-37(51-26-30-16-12-9-13-17-30)24-32(34-19-18-33(53-34)31-22-35(46-3)40(49-6)36(23-31)47-4)25-39(41)54(44,45)27-28(2)52-42(43)38(48-5)21-29-14-10-8-11-15-29/h8-17,22-25,28,33-34,38H,7,18-21,26-27H2,1-6H3/t28-,33+,34+,38-/m1/s1. The van der Waals surface area contributed by atoms with Crippen LogP contribution in [0.4, 0.5) is 0 Å². The van der Waals surface area contributed by atoms with Gasteiger partial charge in [0.2, 0.25) is 5.75 Å². The number of ether oxygens (including phenoxy) is 8. The second kappa shape index (κ2) is 19.0. The zero-order valence-electron chi connectivity index (χ0n) is 31.7. The van der Waals surface area contributed by atoms with E-state index < -0.39 is 39.9 Å². The lowest BCUT2D eigenvalue weighted by Gasteiger charge is -2.22. The van der Waals surface area contributed by atoms with Crippen LogP contribution in [0.1, 0.15) is 67.6 Å². The highest BCUT2D eigenvalue weighted by molar-refractivity contribution is 7.91. The fraction of sp³-hybridized carbons (Fsp3) is 0.405. The number of carbonyl (C=O) groups excluding carboxylic acids is 1. The molecule has 1 fully saturated rings. The predicted molar refractivity (Wildman–Crippen MR) is 203 cm³/mol. The SMILES string of the molecule is CCCOc1c(OCc2ccccc2)cc([C@@H]2CC[C@@H](c3cc(OC)c(OC)c(OC)c3)O2)cc1S(=O)(=O)C[C@@H](C)OC(=O)[C@@H](Cc1ccccc1)OC. The van der Waals surface area contributed by atoms with Crippen LogP contribution in [0.3, 0.4) is 0 Å². The van der Waals surface area contributed by atoms with E-state index in [0.29, 0.717) is 42.1 Å². The van der Waals surface area contributed by atoms with E-state index in [0.717, 1.165) is 16.7 Å². The zero-order valence-corrected chi connectivity index (χ0v) is 32.6. The molecule has 0 N–H and O–H groups in total. The number of benzene rings is 4. The van der Waals surface area contributed by atoms with E-state index in [1.165, 1.54) is 7.11 Å². The van der Waals surface area contributed by atoms with Crippen LogP contribution in [0.2, 0.25) is 0 Å². The van der Waals surface area contributed by atoms with Crippen LogP contribution in [0.25, 0.3) is 0 Å². The quantitative estimate of drug-likeness (QED) is 0.0876. The molecule has 54 heavy (non-hydrogen) atoms. The van der Waals surface area contributed by atoms with Gasteiger partial charge >= 0.3 is 5.97 Å². The summed E-state index contributed by atoms with van der Waals surface area (Å²) in [6.45, 7) is 3.92. The van der Waals surface area contributed by atoms with E-state index in [2.05, 4.69) is 0 Å². The van der Waals surface area contributed by atoms with Crippen LogP contribution in [0.5, 0.6) is 28.7 Å². The maximum absolute atomic E-state index is 14.4. The summed E-state index contributed by atoms with van der Waals surface area (Å²) in [5.41, 5.74) is 3.24. The van der Waals surface area contributed by atoms with Gasteiger partial charge in [-0.05, 0) is 72.7 Å². The van der Waals surface area contributed by atoms with Gasteiger partial charge in [0.1, 0.15) is 17.6 Å². The molecule has 0 amide bonds. The molecule has 0 unspecified atom stereocenters. The third-order valence-corrected chi connectivity index (χ3v) is 11.0. The van der Waals surface area contributed by atoms with Crippen LogP contribution < -0.4 is 23.7 Å². The Morgan fingerprint density at radius 3 is 1.89 bits per heavy atom. The highest BCUT2D eigenvalue weighted by Crippen LogP contribution is 2.48. The smallest absolute Gasteiger partial charge is 0.335 e. The Morgan fingerprint density at radius 1 is 0.759 bits per heavy atom. The van der Waals surface area contributed by atoms with E-state index in [1.807, 2.05) is 79.7 Å². The first-order valence-corrected chi connectivity index (χ1v) is 19.7. The Morgan fingerprint density at radius 2 is 1.33 bits per heavy atom. The third-order valence-electron chi connectivity index (χ3n) is 9.10. The Labute approximate surface area is 318 Å². The summed E-state index contributed by atoms with van der Waals surface area (Å²) in [6, 6.07) is 26.1. The lowest BCUT2D eigenvalue weighted by Crippen LogP contribution is -2.33. The first-order valence-electron chi connectivity index (χ1n) is 18.0. The molecular weight excluding hydrogens is 713 g/mol. The number of hydrogen-bond acceptors (Lipinski definition) is 11. The summed E-state index contributed by atoms with van der Waals surface area (Å²) >= 11 is 0. The van der Waals surface area contributed by atoms with Crippen molar-refractivity contribution in [2.75, 3.05) is 40.8 Å². The van der Waals surface area contributed by atoms with Crippen molar-refractivity contribution in [1.29, 1.82) is 0 Å². The Bertz CT molecular complexity index is 1910. The molecule has 4 aromatic carbocycles. The monoisotopic (exact) mass is 762 g/mol. The maximum atomic E-state index is 14.4. The molecule has 12 heteroatoms. The third kappa shape index (κ3) is 10.0. The fourth-order valence-corrected chi connectivity index (χ4v) is 8.04. The average molecular weight is 763 g/mol. The van der Waals surface area contributed by atoms with Crippen LogP contribution >= 0.6 is 0 Å². The predicted octanol–water partition coefficient (Wildman–Crippen LogP) is 7.64. The van der Waals surface area contributed by atoms with Gasteiger partial charge in [-0.15, -0.1) is 0 Å². The highest BCUT2D eigenvalue weighted by Gasteiger charge is 2.34. The van der Waals surface area contributed by atoms with Gasteiger partial charge in [0.05, 0.1) is 45.9 Å². The van der Waals surface area contributed by atoms with Crippen molar-refractivity contribution in [3.63, 3.8) is 0 Å². The number of carbonyl (C=O) groups is 1. The second-order valence-corrected chi connectivity index (χ2v) is 15.1. The van der Waals surface area contributed by atoms with Crippen LogP contribution in [-0.2, 0) is 41.9 Å². The van der Waals surface area contributed by atoms with Crippen molar-refractivity contribution < 1.29 is 51.1 Å². The molecule has 11 nitrogen and oxygen atoms in total. The summed E-state index contributed by atoms with van der Waals surface area (Å²) in [6.07, 6.45) is -0.545. The van der Waals surface area contributed by atoms with Crippen molar-refractivity contribution >= 4 is 15.8 Å². The van der Waals surface area contributed by atoms with Gasteiger partial charge in [0, 0.05) is 13.5 Å². The zero-order chi connectivity index (χ0) is 38.7. The molecule has 0 radical (unpaired) electrons. The molecule has 0 bridgehead atoms. The number of esters is 1. The summed E-state index contributed by atoms with van der Waals surface area (Å²) in [4.78, 5) is 13.1. The molecule has 4 atom stereocenters. The average Bonchev–Trinajstić information content (AvgIpc) is 3.68. The topological polar surface area (TPSA) is 125 Å². The normalized spacial score (nSPS) is 16.6. The van der Waals surface area contributed by atoms with Crippen molar-refractivity contribution in [1.82, 2.24) is 0 Å². The highest BCUT2D eigenvalue weighted by atomic mass is 32.2. The molecular formula is C42H50O11S. The summed E-state index contributed by atoms with van der Waals surface area (Å²) in [7, 11) is 1.96. The van der Waals surface area contributed by atoms with Gasteiger partial charge in [0.25, 0.3) is 0 Å². The van der Waals surface area contributed by atoms with Crippen molar-refractivity contribution in [2.24, 2.45) is 0 Å². The minimum absolute atomic E-state index is 0.0631. The molecule has 1 aliphatic heterocycles. The minimum Gasteiger partial charge on any atom is -0.493 e. The van der Waals surface area contributed by atoms with Gasteiger partial charge in [-0.25, -0.2) is 13.2 Å². The molecule has 5 rings (SSSR count). The van der Waals surface area contributed by atoms with Gasteiger partial charge in [-0.1, -0.05) is 67.6 Å².